The molecular formula is C18H30N2O3. The lowest BCUT2D eigenvalue weighted by Crippen LogP contribution is -2.52. The molecule has 0 aromatic rings. The van der Waals surface area contributed by atoms with E-state index in [0.29, 0.717) is 24.1 Å². The van der Waals surface area contributed by atoms with Crippen molar-refractivity contribution in [1.82, 2.24) is 10.2 Å². The van der Waals surface area contributed by atoms with Crippen LogP contribution >= 0.6 is 0 Å². The highest BCUT2D eigenvalue weighted by atomic mass is 16.2. The number of hydrogen-bond donors (Lipinski definition) is 1. The van der Waals surface area contributed by atoms with Gasteiger partial charge in [0, 0.05) is 20.0 Å². The van der Waals surface area contributed by atoms with Crippen LogP contribution < -0.4 is 5.32 Å². The molecule has 0 bridgehead atoms. The number of carbonyl (C=O) groups excluding carboxylic acids is 3. The second-order valence-electron chi connectivity index (χ2n) is 4.61. The predicted octanol–water partition coefficient (Wildman–Crippen LogP) is 2.99. The van der Waals surface area contributed by atoms with Crippen LogP contribution in [0.15, 0.2) is 36.0 Å². The van der Waals surface area contributed by atoms with E-state index in [0.717, 1.165) is 0 Å². The third-order valence-corrected chi connectivity index (χ3v) is 3.28. The highest BCUT2D eigenvalue weighted by Gasteiger charge is 2.39. The molecule has 2 fully saturated rings. The first kappa shape index (κ1) is 20.8. The zero-order valence-electron chi connectivity index (χ0n) is 14.8. The third-order valence-electron chi connectivity index (χ3n) is 3.28. The van der Waals surface area contributed by atoms with E-state index in [4.69, 9.17) is 0 Å². The van der Waals surface area contributed by atoms with E-state index >= 15 is 0 Å². The summed E-state index contributed by atoms with van der Waals surface area (Å²) in [5.41, 5.74) is 1.23. The van der Waals surface area contributed by atoms with Crippen LogP contribution in [0.2, 0.25) is 0 Å². The summed E-state index contributed by atoms with van der Waals surface area (Å²) in [6, 6.07) is -0.571. The Morgan fingerprint density at radius 1 is 1.22 bits per heavy atom. The number of nitrogens with zero attached hydrogens (tertiary/aromatic N) is 1. The highest BCUT2D eigenvalue weighted by Crippen LogP contribution is 2.26. The molecule has 1 N–H and O–H groups in total. The van der Waals surface area contributed by atoms with E-state index in [-0.39, 0.29) is 19.7 Å². The van der Waals surface area contributed by atoms with Gasteiger partial charge >= 0.3 is 0 Å². The lowest BCUT2D eigenvalue weighted by molar-refractivity contribution is -0.142. The zero-order chi connectivity index (χ0) is 18.0. The molecule has 130 valence electrons. The fourth-order valence-corrected chi connectivity index (χ4v) is 2.28. The van der Waals surface area contributed by atoms with Gasteiger partial charge in [0.05, 0.1) is 0 Å². The summed E-state index contributed by atoms with van der Waals surface area (Å²) in [7, 11) is 0. The Labute approximate surface area is 140 Å². The number of likely N-dealkylation sites (tertiary alicyclic amines) is 1. The van der Waals surface area contributed by atoms with Gasteiger partial charge in [0.25, 0.3) is 5.91 Å². The van der Waals surface area contributed by atoms with Gasteiger partial charge in [-0.1, -0.05) is 46.4 Å². The number of imide groups is 1. The van der Waals surface area contributed by atoms with Gasteiger partial charge < -0.3 is 4.90 Å². The molecule has 0 spiro atoms. The molecule has 3 amide bonds. The molecule has 2 heterocycles. The van der Waals surface area contributed by atoms with Crippen molar-refractivity contribution in [3.63, 3.8) is 0 Å². The van der Waals surface area contributed by atoms with Crippen molar-refractivity contribution in [3.8, 4) is 0 Å². The summed E-state index contributed by atoms with van der Waals surface area (Å²) >= 11 is 0. The summed E-state index contributed by atoms with van der Waals surface area (Å²) in [5.74, 6) is -0.876. The number of allylic oxidation sites excluding steroid dienone is 3. The summed E-state index contributed by atoms with van der Waals surface area (Å²) in [6.07, 6.45) is 5.94. The number of piperidine rings is 1. The second kappa shape index (κ2) is 10.5. The first-order chi connectivity index (χ1) is 11.0. The quantitative estimate of drug-likeness (QED) is 0.628. The van der Waals surface area contributed by atoms with Crippen molar-refractivity contribution in [1.29, 1.82) is 0 Å². The number of nitrogens with one attached hydrogen (secondary N) is 1. The van der Waals surface area contributed by atoms with Crippen LogP contribution in [-0.4, -0.2) is 35.2 Å². The molecule has 0 saturated carbocycles. The average Bonchev–Trinajstić information content (AvgIpc) is 2.84. The maximum absolute atomic E-state index is 12.2. The molecule has 1 unspecified atom stereocenters. The van der Waals surface area contributed by atoms with Gasteiger partial charge in [-0.15, -0.1) is 0 Å². The minimum Gasteiger partial charge on any atom is -0.322 e. The topological polar surface area (TPSA) is 66.5 Å². The summed E-state index contributed by atoms with van der Waals surface area (Å²) in [4.78, 5) is 36.6. The summed E-state index contributed by atoms with van der Waals surface area (Å²) in [5, 5.41) is 2.26. The van der Waals surface area contributed by atoms with Crippen molar-refractivity contribution in [2.24, 2.45) is 0 Å². The summed E-state index contributed by atoms with van der Waals surface area (Å²) in [6.45, 7) is 14.1. The lowest BCUT2D eigenvalue weighted by atomic mass is 10.0. The molecule has 2 aliphatic rings. The van der Waals surface area contributed by atoms with Crippen LogP contribution in [0.25, 0.3) is 0 Å². The SMILES string of the molecule is C=C1CN(C2CCC(=O)NC2=O)C(=O)/C1=C/C=C\C.CC.CC.[HH]. The molecule has 0 aliphatic carbocycles. The molecule has 0 radical (unpaired) electrons. The second-order valence-corrected chi connectivity index (χ2v) is 4.61. The Balaban J connectivity index is 0. The van der Waals surface area contributed by atoms with Gasteiger partial charge in [0.2, 0.25) is 11.8 Å². The Morgan fingerprint density at radius 2 is 1.83 bits per heavy atom. The molecule has 23 heavy (non-hydrogen) atoms. The Morgan fingerprint density at radius 3 is 2.35 bits per heavy atom. The van der Waals surface area contributed by atoms with E-state index in [2.05, 4.69) is 11.9 Å². The van der Waals surface area contributed by atoms with Crippen LogP contribution in [0, 0.1) is 0 Å². The fraction of sp³-hybridized carbons (Fsp3) is 0.500. The molecule has 2 saturated heterocycles. The average molecular weight is 322 g/mol. The third kappa shape index (κ3) is 5.20. The van der Waals surface area contributed by atoms with Gasteiger partial charge in [-0.25, -0.2) is 0 Å². The largest absolute Gasteiger partial charge is 0.322 e. The van der Waals surface area contributed by atoms with Gasteiger partial charge in [0.1, 0.15) is 6.04 Å². The first-order valence-electron chi connectivity index (χ1n) is 8.20. The minimum absolute atomic E-state index is 0. The Hall–Kier alpha value is -2.17. The van der Waals surface area contributed by atoms with Crippen molar-refractivity contribution in [2.75, 3.05) is 6.54 Å². The molecule has 1 atom stereocenters. The summed E-state index contributed by atoms with van der Waals surface area (Å²) < 4.78 is 0. The van der Waals surface area contributed by atoms with Crippen molar-refractivity contribution in [3.05, 3.63) is 36.0 Å². The van der Waals surface area contributed by atoms with Gasteiger partial charge in [-0.3, -0.25) is 19.7 Å². The van der Waals surface area contributed by atoms with E-state index in [1.165, 1.54) is 4.90 Å². The van der Waals surface area contributed by atoms with Crippen LogP contribution in [0.4, 0.5) is 0 Å². The highest BCUT2D eigenvalue weighted by molar-refractivity contribution is 6.06. The van der Waals surface area contributed by atoms with Crippen LogP contribution in [-0.2, 0) is 14.4 Å². The van der Waals surface area contributed by atoms with E-state index < -0.39 is 11.9 Å². The predicted molar refractivity (Wildman–Crippen MR) is 94.7 cm³/mol. The fourth-order valence-electron chi connectivity index (χ4n) is 2.28. The minimum atomic E-state index is -0.571. The van der Waals surface area contributed by atoms with Crippen molar-refractivity contribution < 1.29 is 15.8 Å². The zero-order valence-corrected chi connectivity index (χ0v) is 14.8. The maximum atomic E-state index is 12.2. The molecular weight excluding hydrogens is 292 g/mol. The number of carbonyl (C=O) groups is 3. The van der Waals surface area contributed by atoms with Crippen molar-refractivity contribution >= 4 is 17.7 Å². The van der Waals surface area contributed by atoms with Gasteiger partial charge in [-0.05, 0) is 25.0 Å². The molecule has 5 heteroatoms. The number of amides is 3. The maximum Gasteiger partial charge on any atom is 0.255 e. The molecule has 5 nitrogen and oxygen atoms in total. The van der Waals surface area contributed by atoms with E-state index in [1.807, 2.05) is 40.7 Å². The Bertz CT molecular complexity index is 524. The number of rotatable bonds is 2. The van der Waals surface area contributed by atoms with Crippen LogP contribution in [0.1, 0.15) is 48.9 Å². The van der Waals surface area contributed by atoms with Gasteiger partial charge in [0.15, 0.2) is 0 Å². The van der Waals surface area contributed by atoms with E-state index in [9.17, 15) is 14.4 Å². The molecule has 0 aromatic carbocycles. The number of hydrogen-bond acceptors (Lipinski definition) is 3. The monoisotopic (exact) mass is 322 g/mol. The molecule has 0 aromatic heterocycles. The van der Waals surface area contributed by atoms with E-state index in [1.54, 1.807) is 12.2 Å². The lowest BCUT2D eigenvalue weighted by Gasteiger charge is -2.28. The van der Waals surface area contributed by atoms with Crippen LogP contribution in [0.5, 0.6) is 0 Å². The standard InChI is InChI=1S/C14H16N2O3.2C2H6.H2/c1-3-4-5-10-9(2)8-16(14(10)19)11-6-7-12(17)15-13(11)18;2*1-2;/h3-5,11H,2,6-8H2,1H3,(H,15,17,18);2*1-2H3;1H/b4-3-,10-5+;;;. The molecule has 2 rings (SSSR count). The normalized spacial score (nSPS) is 22.6. The van der Waals surface area contributed by atoms with Crippen LogP contribution in [0.3, 0.4) is 0 Å². The van der Waals surface area contributed by atoms with Gasteiger partial charge in [-0.2, -0.15) is 0 Å². The van der Waals surface area contributed by atoms with Crippen molar-refractivity contribution in [2.45, 2.75) is 53.5 Å². The molecule has 2 aliphatic heterocycles. The smallest absolute Gasteiger partial charge is 0.255 e. The Kier molecular flexibility index (Phi) is 9.54. The first-order valence-corrected chi connectivity index (χ1v) is 8.20.